The Morgan fingerprint density at radius 1 is 1.07 bits per heavy atom. The largest absolute Gasteiger partial charge is 0.369 e. The molecule has 2 heterocycles. The van der Waals surface area contributed by atoms with Gasteiger partial charge in [-0.2, -0.15) is 9.78 Å². The molecule has 0 aliphatic rings. The van der Waals surface area contributed by atoms with Crippen molar-refractivity contribution >= 4 is 28.0 Å². The first-order valence-corrected chi connectivity index (χ1v) is 9.05. The second-order valence-corrected chi connectivity index (χ2v) is 7.21. The molecule has 0 aliphatic carbocycles. The summed E-state index contributed by atoms with van der Waals surface area (Å²) in [6.07, 6.45) is 0.179. The highest BCUT2D eigenvalue weighted by Gasteiger charge is 2.15. The molecule has 0 saturated carbocycles. The number of rotatable bonds is 4. The van der Waals surface area contributed by atoms with E-state index in [0.29, 0.717) is 16.2 Å². The molecular formula is C19H15N5O2S. The van der Waals surface area contributed by atoms with Crippen molar-refractivity contribution < 1.29 is 4.79 Å². The number of hydrogen-bond donors (Lipinski definition) is 1. The molecule has 0 bridgehead atoms. The third-order valence-electron chi connectivity index (χ3n) is 4.11. The van der Waals surface area contributed by atoms with E-state index in [0.717, 1.165) is 21.5 Å². The molecular weight excluding hydrogens is 362 g/mol. The van der Waals surface area contributed by atoms with Gasteiger partial charge in [0.15, 0.2) is 0 Å². The van der Waals surface area contributed by atoms with E-state index in [4.69, 9.17) is 5.73 Å². The van der Waals surface area contributed by atoms with E-state index in [9.17, 15) is 9.59 Å². The summed E-state index contributed by atoms with van der Waals surface area (Å²) in [5.74, 6) is -0.383. The number of aryl methyl sites for hydroxylation is 1. The predicted molar refractivity (Wildman–Crippen MR) is 104 cm³/mol. The molecule has 0 spiro atoms. The van der Waals surface area contributed by atoms with Gasteiger partial charge in [0, 0.05) is 10.9 Å². The maximum atomic E-state index is 12.9. The lowest BCUT2D eigenvalue weighted by Crippen LogP contribution is -2.22. The summed E-state index contributed by atoms with van der Waals surface area (Å²) in [7, 11) is 0. The first-order valence-electron chi connectivity index (χ1n) is 8.23. The summed E-state index contributed by atoms with van der Waals surface area (Å²) in [6, 6.07) is 14.7. The topological polar surface area (TPSA) is 104 Å². The van der Waals surface area contributed by atoms with Crippen molar-refractivity contribution in [1.82, 2.24) is 20.0 Å². The highest BCUT2D eigenvalue weighted by Crippen LogP contribution is 2.26. The number of aromatic nitrogens is 4. The predicted octanol–water partition coefficient (Wildman–Crippen LogP) is 2.24. The van der Waals surface area contributed by atoms with E-state index < -0.39 is 0 Å². The molecule has 27 heavy (non-hydrogen) atoms. The zero-order valence-electron chi connectivity index (χ0n) is 14.4. The maximum absolute atomic E-state index is 12.9. The number of primary amides is 1. The van der Waals surface area contributed by atoms with E-state index in [2.05, 4.69) is 15.3 Å². The van der Waals surface area contributed by atoms with Crippen LogP contribution >= 0.6 is 11.3 Å². The number of nitrogens with two attached hydrogens (primary N) is 1. The third kappa shape index (κ3) is 3.22. The van der Waals surface area contributed by atoms with Crippen LogP contribution < -0.4 is 11.3 Å². The van der Waals surface area contributed by atoms with Crippen LogP contribution in [0, 0.1) is 6.92 Å². The average Bonchev–Trinajstić information content (AvgIpc) is 3.09. The molecule has 0 unspecified atom stereocenters. The first kappa shape index (κ1) is 17.0. The van der Waals surface area contributed by atoms with Crippen molar-refractivity contribution in [2.45, 2.75) is 13.3 Å². The minimum atomic E-state index is -0.383. The summed E-state index contributed by atoms with van der Waals surface area (Å²) >= 11 is 1.30. The van der Waals surface area contributed by atoms with Gasteiger partial charge in [0.25, 0.3) is 5.56 Å². The van der Waals surface area contributed by atoms with Crippen LogP contribution in [0.25, 0.3) is 27.2 Å². The van der Waals surface area contributed by atoms with Crippen LogP contribution in [-0.4, -0.2) is 25.9 Å². The van der Waals surface area contributed by atoms with Crippen molar-refractivity contribution in [3.8, 4) is 16.4 Å². The highest BCUT2D eigenvalue weighted by molar-refractivity contribution is 7.13. The highest BCUT2D eigenvalue weighted by atomic mass is 32.1. The van der Waals surface area contributed by atoms with Crippen molar-refractivity contribution in [2.75, 3.05) is 0 Å². The standard InChI is InChI=1S/C19H15N5O2S/c1-11-21-22-19(27-11)24-18(26)15-5-3-2-4-14(15)17(23-24)13-8-6-12(7-9-13)10-16(20)25/h2-9H,10H2,1H3,(H2,20,25). The molecule has 2 aromatic carbocycles. The van der Waals surface area contributed by atoms with Gasteiger partial charge in [-0.1, -0.05) is 53.8 Å². The van der Waals surface area contributed by atoms with E-state index in [1.807, 2.05) is 49.4 Å². The van der Waals surface area contributed by atoms with Gasteiger partial charge >= 0.3 is 0 Å². The second-order valence-electron chi connectivity index (χ2n) is 6.05. The molecule has 7 nitrogen and oxygen atoms in total. The Hall–Kier alpha value is -3.39. The van der Waals surface area contributed by atoms with E-state index in [1.54, 1.807) is 6.07 Å². The van der Waals surface area contributed by atoms with Crippen LogP contribution in [0.4, 0.5) is 0 Å². The molecule has 0 radical (unpaired) electrons. The Labute approximate surface area is 158 Å². The van der Waals surface area contributed by atoms with Crippen molar-refractivity contribution in [2.24, 2.45) is 5.73 Å². The summed E-state index contributed by atoms with van der Waals surface area (Å²) < 4.78 is 1.29. The van der Waals surface area contributed by atoms with Crippen LogP contribution in [0.1, 0.15) is 10.6 Å². The minimum Gasteiger partial charge on any atom is -0.369 e. The van der Waals surface area contributed by atoms with E-state index in [1.165, 1.54) is 16.0 Å². The Balaban J connectivity index is 1.93. The van der Waals surface area contributed by atoms with Gasteiger partial charge < -0.3 is 5.73 Å². The SMILES string of the molecule is Cc1nnc(-n2nc(-c3ccc(CC(N)=O)cc3)c3ccccc3c2=O)s1. The molecule has 0 fully saturated rings. The Morgan fingerprint density at radius 3 is 2.41 bits per heavy atom. The number of benzene rings is 2. The fraction of sp³-hybridized carbons (Fsp3) is 0.105. The Kier molecular flexibility index (Phi) is 4.25. The number of fused-ring (bicyclic) bond motifs is 1. The first-order chi connectivity index (χ1) is 13.0. The second kappa shape index (κ2) is 6.73. The maximum Gasteiger partial charge on any atom is 0.281 e. The quantitative estimate of drug-likeness (QED) is 0.587. The van der Waals surface area contributed by atoms with E-state index >= 15 is 0 Å². The fourth-order valence-corrected chi connectivity index (χ4v) is 3.52. The Bertz CT molecular complexity index is 1210. The van der Waals surface area contributed by atoms with Crippen molar-refractivity contribution in [3.63, 3.8) is 0 Å². The zero-order chi connectivity index (χ0) is 19.0. The number of hydrogen-bond acceptors (Lipinski definition) is 6. The molecule has 1 amide bonds. The van der Waals surface area contributed by atoms with Gasteiger partial charge in [-0.05, 0) is 18.6 Å². The lowest BCUT2D eigenvalue weighted by Gasteiger charge is -2.09. The summed E-state index contributed by atoms with van der Waals surface area (Å²) in [4.78, 5) is 24.0. The molecule has 0 atom stereocenters. The molecule has 2 N–H and O–H groups in total. The fourth-order valence-electron chi connectivity index (χ4n) is 2.89. The normalized spacial score (nSPS) is 11.0. The van der Waals surface area contributed by atoms with Crippen molar-refractivity contribution in [1.29, 1.82) is 0 Å². The number of amides is 1. The lowest BCUT2D eigenvalue weighted by molar-refractivity contribution is -0.117. The molecule has 8 heteroatoms. The lowest BCUT2D eigenvalue weighted by atomic mass is 10.0. The van der Waals surface area contributed by atoms with E-state index in [-0.39, 0.29) is 17.9 Å². The molecule has 134 valence electrons. The molecule has 4 aromatic rings. The van der Waals surface area contributed by atoms with Crippen LogP contribution in [0.5, 0.6) is 0 Å². The van der Waals surface area contributed by atoms with Crippen LogP contribution in [0.2, 0.25) is 0 Å². The number of carbonyl (C=O) groups excluding carboxylic acids is 1. The molecule has 0 saturated heterocycles. The molecule has 4 rings (SSSR count). The van der Waals surface area contributed by atoms with Crippen LogP contribution in [-0.2, 0) is 11.2 Å². The van der Waals surface area contributed by atoms with Crippen LogP contribution in [0.3, 0.4) is 0 Å². The van der Waals surface area contributed by atoms with Gasteiger partial charge in [-0.25, -0.2) is 0 Å². The smallest absolute Gasteiger partial charge is 0.281 e. The van der Waals surface area contributed by atoms with Crippen molar-refractivity contribution in [3.05, 3.63) is 69.5 Å². The molecule has 0 aliphatic heterocycles. The summed E-state index contributed by atoms with van der Waals surface area (Å²) in [5, 5.41) is 15.1. The third-order valence-corrected chi connectivity index (χ3v) is 4.92. The zero-order valence-corrected chi connectivity index (χ0v) is 15.2. The van der Waals surface area contributed by atoms with Gasteiger partial charge in [0.1, 0.15) is 5.01 Å². The summed E-state index contributed by atoms with van der Waals surface area (Å²) in [5.41, 5.74) is 7.32. The average molecular weight is 377 g/mol. The minimum absolute atomic E-state index is 0.179. The molecule has 2 aromatic heterocycles. The van der Waals surface area contributed by atoms with Crippen LogP contribution in [0.15, 0.2) is 53.3 Å². The summed E-state index contributed by atoms with van der Waals surface area (Å²) in [6.45, 7) is 1.83. The Morgan fingerprint density at radius 2 is 1.78 bits per heavy atom. The van der Waals surface area contributed by atoms with Gasteiger partial charge in [-0.15, -0.1) is 10.2 Å². The van der Waals surface area contributed by atoms with Gasteiger partial charge in [-0.3, -0.25) is 9.59 Å². The number of carbonyl (C=O) groups is 1. The monoisotopic (exact) mass is 377 g/mol. The van der Waals surface area contributed by atoms with Gasteiger partial charge in [0.05, 0.1) is 17.5 Å². The van der Waals surface area contributed by atoms with Gasteiger partial charge in [0.2, 0.25) is 11.0 Å². The number of nitrogens with zero attached hydrogens (tertiary/aromatic N) is 4.